The van der Waals surface area contributed by atoms with Crippen LogP contribution in [0.3, 0.4) is 0 Å². The smallest absolute Gasteiger partial charge is 0.242 e. The van der Waals surface area contributed by atoms with Crippen LogP contribution in [0.1, 0.15) is 18.2 Å². The molecule has 6 nitrogen and oxygen atoms in total. The van der Waals surface area contributed by atoms with Crippen molar-refractivity contribution in [2.24, 2.45) is 0 Å². The van der Waals surface area contributed by atoms with Gasteiger partial charge in [0.2, 0.25) is 5.91 Å². The maximum atomic E-state index is 12.8. The molecule has 2 aliphatic heterocycles. The molecule has 1 saturated heterocycles. The van der Waals surface area contributed by atoms with Crippen LogP contribution >= 0.6 is 12.4 Å². The first-order valence-electron chi connectivity index (χ1n) is 8.49. The maximum Gasteiger partial charge on any atom is 0.242 e. The minimum absolute atomic E-state index is 0. The number of carbonyl (C=O) groups is 1. The molecule has 2 atom stereocenters. The van der Waals surface area contributed by atoms with E-state index in [4.69, 9.17) is 4.74 Å². The second-order valence-electron chi connectivity index (χ2n) is 6.38. The van der Waals surface area contributed by atoms with E-state index in [-0.39, 0.29) is 30.5 Å². The summed E-state index contributed by atoms with van der Waals surface area (Å²) < 4.78 is 7.60. The summed E-state index contributed by atoms with van der Waals surface area (Å²) in [4.78, 5) is 14.7. The summed E-state index contributed by atoms with van der Waals surface area (Å²) in [6.07, 6.45) is 2.62. The number of fused-ring (bicyclic) bond motifs is 1. The molecule has 0 aliphatic carbocycles. The van der Waals surface area contributed by atoms with Crippen molar-refractivity contribution in [2.75, 3.05) is 19.7 Å². The molecule has 2 aromatic rings. The van der Waals surface area contributed by atoms with Gasteiger partial charge >= 0.3 is 0 Å². The normalized spacial score (nSPS) is 22.8. The van der Waals surface area contributed by atoms with E-state index in [1.807, 2.05) is 40.9 Å². The van der Waals surface area contributed by atoms with Crippen LogP contribution in [0.4, 0.5) is 0 Å². The molecule has 3 heterocycles. The molecule has 1 aromatic heterocycles. The number of aromatic nitrogens is 2. The second-order valence-corrected chi connectivity index (χ2v) is 6.38. The fraction of sp³-hybridized carbons (Fsp3) is 0.444. The second kappa shape index (κ2) is 7.56. The van der Waals surface area contributed by atoms with E-state index in [1.165, 1.54) is 5.69 Å². The van der Waals surface area contributed by atoms with Gasteiger partial charge in [-0.05, 0) is 19.1 Å². The zero-order chi connectivity index (χ0) is 16.5. The average Bonchev–Trinajstić information content (AvgIpc) is 3.05. The number of carbonyl (C=O) groups excluding carboxylic acids is 1. The van der Waals surface area contributed by atoms with Gasteiger partial charge in [0.25, 0.3) is 0 Å². The van der Waals surface area contributed by atoms with E-state index in [1.54, 1.807) is 0 Å². The molecule has 25 heavy (non-hydrogen) atoms. The number of ether oxygens (including phenoxy) is 1. The first kappa shape index (κ1) is 17.9. The topological polar surface area (TPSA) is 59.4 Å². The average molecular weight is 363 g/mol. The zero-order valence-electron chi connectivity index (χ0n) is 14.2. The SMILES string of the molecule is C[C@H]1OCCN[C@@H]1C(=O)N1CCc2c(cnn2-c2ccccc2)C1.Cl. The van der Waals surface area contributed by atoms with Gasteiger partial charge in [0.15, 0.2) is 0 Å². The summed E-state index contributed by atoms with van der Waals surface area (Å²) >= 11 is 0. The lowest BCUT2D eigenvalue weighted by Crippen LogP contribution is -2.57. The predicted octanol–water partition coefficient (Wildman–Crippen LogP) is 1.56. The van der Waals surface area contributed by atoms with Crippen LogP contribution in [0.5, 0.6) is 0 Å². The van der Waals surface area contributed by atoms with Gasteiger partial charge in [0, 0.05) is 31.6 Å². The van der Waals surface area contributed by atoms with E-state index in [0.29, 0.717) is 13.2 Å². The molecule has 7 heteroatoms. The maximum absolute atomic E-state index is 12.8. The highest BCUT2D eigenvalue weighted by molar-refractivity contribution is 5.85. The van der Waals surface area contributed by atoms with Crippen LogP contribution < -0.4 is 5.32 Å². The number of hydrogen-bond donors (Lipinski definition) is 1. The minimum atomic E-state index is -0.246. The Kier molecular flexibility index (Phi) is 5.42. The molecule has 0 spiro atoms. The number of amides is 1. The Hall–Kier alpha value is -1.89. The van der Waals surface area contributed by atoms with Crippen LogP contribution in [0.2, 0.25) is 0 Å². The van der Waals surface area contributed by atoms with Gasteiger partial charge in [-0.3, -0.25) is 4.79 Å². The summed E-state index contributed by atoms with van der Waals surface area (Å²) in [6.45, 7) is 4.68. The number of nitrogens with one attached hydrogen (secondary N) is 1. The molecule has 4 rings (SSSR count). The van der Waals surface area contributed by atoms with Gasteiger partial charge in [0.05, 0.1) is 30.3 Å². The Morgan fingerprint density at radius 2 is 2.12 bits per heavy atom. The quantitative estimate of drug-likeness (QED) is 0.880. The number of benzene rings is 1. The number of nitrogens with zero attached hydrogens (tertiary/aromatic N) is 3. The fourth-order valence-electron chi connectivity index (χ4n) is 3.52. The van der Waals surface area contributed by atoms with Crippen molar-refractivity contribution >= 4 is 18.3 Å². The monoisotopic (exact) mass is 362 g/mol. The number of hydrogen-bond acceptors (Lipinski definition) is 4. The van der Waals surface area contributed by atoms with E-state index in [9.17, 15) is 4.79 Å². The molecule has 0 radical (unpaired) electrons. The lowest BCUT2D eigenvalue weighted by atomic mass is 10.0. The first-order chi connectivity index (χ1) is 11.7. The lowest BCUT2D eigenvalue weighted by molar-refractivity contribution is -0.140. The van der Waals surface area contributed by atoms with Crippen molar-refractivity contribution in [1.82, 2.24) is 20.0 Å². The highest BCUT2D eigenvalue weighted by Gasteiger charge is 2.34. The number of para-hydroxylation sites is 1. The zero-order valence-corrected chi connectivity index (χ0v) is 15.0. The lowest BCUT2D eigenvalue weighted by Gasteiger charge is -2.35. The summed E-state index contributed by atoms with van der Waals surface area (Å²) in [5.74, 6) is 0.125. The standard InChI is InChI=1S/C18H22N4O2.ClH/c1-13-17(19-8-10-24-13)18(23)21-9-7-16-14(12-21)11-20-22(16)15-5-3-2-4-6-15;/h2-6,11,13,17,19H,7-10,12H2,1H3;1H/t13-,17+;/m1./s1. The van der Waals surface area contributed by atoms with Gasteiger partial charge < -0.3 is 15.0 Å². The van der Waals surface area contributed by atoms with Crippen molar-refractivity contribution in [1.29, 1.82) is 0 Å². The predicted molar refractivity (Wildman–Crippen MR) is 97.1 cm³/mol. The van der Waals surface area contributed by atoms with Gasteiger partial charge in [-0.1, -0.05) is 18.2 Å². The van der Waals surface area contributed by atoms with Crippen LogP contribution in [0.25, 0.3) is 5.69 Å². The van der Waals surface area contributed by atoms with Crippen LogP contribution in [0, 0.1) is 0 Å². The number of rotatable bonds is 2. The Morgan fingerprint density at radius 1 is 1.32 bits per heavy atom. The van der Waals surface area contributed by atoms with Crippen molar-refractivity contribution in [3.63, 3.8) is 0 Å². The van der Waals surface area contributed by atoms with E-state index in [0.717, 1.165) is 30.8 Å². The van der Waals surface area contributed by atoms with Gasteiger partial charge in [0.1, 0.15) is 6.04 Å². The van der Waals surface area contributed by atoms with Crippen LogP contribution in [0.15, 0.2) is 36.5 Å². The molecular formula is C18H23ClN4O2. The molecule has 1 amide bonds. The highest BCUT2D eigenvalue weighted by atomic mass is 35.5. The van der Waals surface area contributed by atoms with E-state index in [2.05, 4.69) is 22.5 Å². The molecule has 2 aliphatic rings. The third kappa shape index (κ3) is 3.42. The molecule has 0 saturated carbocycles. The van der Waals surface area contributed by atoms with Gasteiger partial charge in [-0.15, -0.1) is 12.4 Å². The van der Waals surface area contributed by atoms with Crippen molar-refractivity contribution in [3.8, 4) is 5.69 Å². The Labute approximate surface area is 153 Å². The van der Waals surface area contributed by atoms with E-state index >= 15 is 0 Å². The first-order valence-corrected chi connectivity index (χ1v) is 8.49. The summed E-state index contributed by atoms with van der Waals surface area (Å²) in [5, 5.41) is 7.81. The molecule has 1 fully saturated rings. The molecular weight excluding hydrogens is 340 g/mol. The Balaban J connectivity index is 0.00000182. The van der Waals surface area contributed by atoms with Crippen LogP contribution in [-0.2, 0) is 22.5 Å². The summed E-state index contributed by atoms with van der Waals surface area (Å²) in [5.41, 5.74) is 3.39. The van der Waals surface area contributed by atoms with Crippen molar-refractivity contribution < 1.29 is 9.53 Å². The fourth-order valence-corrected chi connectivity index (χ4v) is 3.52. The third-order valence-electron chi connectivity index (χ3n) is 4.83. The largest absolute Gasteiger partial charge is 0.375 e. The number of morpholine rings is 1. The highest BCUT2D eigenvalue weighted by Crippen LogP contribution is 2.23. The summed E-state index contributed by atoms with van der Waals surface area (Å²) in [7, 11) is 0. The van der Waals surface area contributed by atoms with Crippen LogP contribution in [-0.4, -0.2) is 52.4 Å². The molecule has 134 valence electrons. The van der Waals surface area contributed by atoms with Gasteiger partial charge in [-0.25, -0.2) is 4.68 Å². The third-order valence-corrected chi connectivity index (χ3v) is 4.83. The molecule has 0 unspecified atom stereocenters. The molecule has 1 N–H and O–H groups in total. The van der Waals surface area contributed by atoms with Crippen molar-refractivity contribution in [3.05, 3.63) is 47.8 Å². The van der Waals surface area contributed by atoms with Gasteiger partial charge in [-0.2, -0.15) is 5.10 Å². The van der Waals surface area contributed by atoms with Crippen molar-refractivity contribution in [2.45, 2.75) is 32.0 Å². The Morgan fingerprint density at radius 3 is 2.88 bits per heavy atom. The molecule has 1 aromatic carbocycles. The van der Waals surface area contributed by atoms with E-state index < -0.39 is 0 Å². The number of halogens is 1. The minimum Gasteiger partial charge on any atom is -0.375 e. The Bertz CT molecular complexity index is 734. The molecule has 0 bridgehead atoms. The summed E-state index contributed by atoms with van der Waals surface area (Å²) in [6, 6.07) is 9.88.